The highest BCUT2D eigenvalue weighted by molar-refractivity contribution is 7.99. The average molecular weight is 354 g/mol. The molecule has 1 heterocycles. The van der Waals surface area contributed by atoms with Crippen LogP contribution < -0.4 is 5.73 Å². The minimum absolute atomic E-state index is 0.0683. The lowest BCUT2D eigenvalue weighted by Crippen LogP contribution is -2.04. The lowest BCUT2D eigenvalue weighted by molar-refractivity contribution is -0.136. The number of aliphatic carboxylic acids is 1. The highest BCUT2D eigenvalue weighted by atomic mass is 32.2. The maximum absolute atomic E-state index is 10.8. The summed E-state index contributed by atoms with van der Waals surface area (Å²) >= 11 is 1.35. The molecule has 0 unspecified atom stereocenters. The second-order valence-corrected chi connectivity index (χ2v) is 7.22. The van der Waals surface area contributed by atoms with E-state index < -0.39 is 5.97 Å². The van der Waals surface area contributed by atoms with Crippen LogP contribution in [0.25, 0.3) is 16.5 Å². The Hall–Kier alpha value is -2.54. The molecule has 25 heavy (non-hydrogen) atoms. The zero-order valence-electron chi connectivity index (χ0n) is 13.6. The molecule has 0 aliphatic heterocycles. The number of anilines is 1. The molecule has 1 aliphatic carbocycles. The molecule has 3 aromatic rings. The summed E-state index contributed by atoms with van der Waals surface area (Å²) in [6.45, 7) is 0. The van der Waals surface area contributed by atoms with Gasteiger partial charge in [-0.1, -0.05) is 42.1 Å². The Morgan fingerprint density at radius 2 is 1.96 bits per heavy atom. The van der Waals surface area contributed by atoms with Crippen LogP contribution in [0.2, 0.25) is 0 Å². The Kier molecular flexibility index (Phi) is 4.09. The van der Waals surface area contributed by atoms with Crippen LogP contribution in [0.1, 0.15) is 30.7 Å². The van der Waals surface area contributed by atoms with Gasteiger partial charge in [-0.25, -0.2) is 0 Å². The number of carboxylic acid groups (broad SMARTS) is 1. The van der Waals surface area contributed by atoms with E-state index in [0.717, 1.165) is 11.1 Å². The van der Waals surface area contributed by atoms with Gasteiger partial charge in [0.05, 0.1) is 12.1 Å². The smallest absolute Gasteiger partial charge is 0.304 e. The number of nitrogens with zero attached hydrogens (tertiary/aromatic N) is 3. The Labute approximate surface area is 149 Å². The van der Waals surface area contributed by atoms with Gasteiger partial charge in [-0.2, -0.15) is 0 Å². The number of nitrogens with two attached hydrogens (primary N) is 1. The van der Waals surface area contributed by atoms with E-state index in [0.29, 0.717) is 22.8 Å². The van der Waals surface area contributed by atoms with Gasteiger partial charge in [-0.3, -0.25) is 9.36 Å². The second-order valence-electron chi connectivity index (χ2n) is 6.16. The molecule has 0 saturated heterocycles. The fourth-order valence-corrected chi connectivity index (χ4v) is 3.96. The monoisotopic (exact) mass is 354 g/mol. The summed E-state index contributed by atoms with van der Waals surface area (Å²) in [6, 6.07) is 12.5. The lowest BCUT2D eigenvalue weighted by atomic mass is 9.99. The third-order valence-electron chi connectivity index (χ3n) is 4.40. The second kappa shape index (κ2) is 6.40. The number of aromatic nitrogens is 3. The minimum atomic E-state index is -0.828. The van der Waals surface area contributed by atoms with Crippen LogP contribution in [0, 0.1) is 0 Å². The van der Waals surface area contributed by atoms with E-state index in [4.69, 9.17) is 10.8 Å². The highest BCUT2D eigenvalue weighted by Gasteiger charge is 2.26. The summed E-state index contributed by atoms with van der Waals surface area (Å²) in [4.78, 5) is 10.8. The minimum Gasteiger partial charge on any atom is -0.481 e. The molecule has 1 saturated carbocycles. The lowest BCUT2D eigenvalue weighted by Gasteiger charge is -2.14. The SMILES string of the molecule is Nc1nnc(SCCC(=O)O)n1-c1ccc(C2CC2)c2ccccc12. The van der Waals surface area contributed by atoms with E-state index in [2.05, 4.69) is 40.5 Å². The van der Waals surface area contributed by atoms with Gasteiger partial charge in [0, 0.05) is 11.1 Å². The number of rotatable bonds is 6. The molecule has 128 valence electrons. The number of carbonyl (C=O) groups is 1. The fraction of sp³-hybridized carbons (Fsp3) is 0.278. The third kappa shape index (κ3) is 3.07. The molecule has 0 spiro atoms. The molecule has 4 rings (SSSR count). The zero-order valence-corrected chi connectivity index (χ0v) is 14.4. The van der Waals surface area contributed by atoms with Gasteiger partial charge in [-0.15, -0.1) is 10.2 Å². The number of hydrogen-bond acceptors (Lipinski definition) is 5. The van der Waals surface area contributed by atoms with E-state index in [-0.39, 0.29) is 6.42 Å². The predicted molar refractivity (Wildman–Crippen MR) is 98.2 cm³/mol. The number of carboxylic acids is 1. The first kappa shape index (κ1) is 16.0. The number of thioether (sulfide) groups is 1. The van der Waals surface area contributed by atoms with Gasteiger partial charge >= 0.3 is 5.97 Å². The topological polar surface area (TPSA) is 94.0 Å². The molecule has 0 amide bonds. The van der Waals surface area contributed by atoms with Gasteiger partial charge in [0.1, 0.15) is 0 Å². The summed E-state index contributed by atoms with van der Waals surface area (Å²) in [7, 11) is 0. The number of nitrogen functional groups attached to an aromatic ring is 1. The van der Waals surface area contributed by atoms with Crippen LogP contribution in [0.4, 0.5) is 5.95 Å². The zero-order chi connectivity index (χ0) is 17.4. The van der Waals surface area contributed by atoms with Gasteiger partial charge in [-0.05, 0) is 35.8 Å². The van der Waals surface area contributed by atoms with Crippen molar-refractivity contribution >= 4 is 34.5 Å². The summed E-state index contributed by atoms with van der Waals surface area (Å²) < 4.78 is 1.81. The Bertz CT molecular complexity index is 949. The maximum atomic E-state index is 10.8. The Balaban J connectivity index is 1.79. The summed E-state index contributed by atoms with van der Waals surface area (Å²) in [5.41, 5.74) is 8.38. The Morgan fingerprint density at radius 3 is 2.68 bits per heavy atom. The summed E-state index contributed by atoms with van der Waals surface area (Å²) in [5.74, 6) is 0.556. The first-order valence-corrected chi connectivity index (χ1v) is 9.21. The Morgan fingerprint density at radius 1 is 1.20 bits per heavy atom. The average Bonchev–Trinajstić information content (AvgIpc) is 3.38. The van der Waals surface area contributed by atoms with Crippen molar-refractivity contribution in [3.8, 4) is 5.69 Å². The van der Waals surface area contributed by atoms with Crippen LogP contribution in [0.3, 0.4) is 0 Å². The molecule has 0 bridgehead atoms. The quantitative estimate of drug-likeness (QED) is 0.659. The van der Waals surface area contributed by atoms with E-state index in [9.17, 15) is 4.79 Å². The van der Waals surface area contributed by atoms with Crippen molar-refractivity contribution in [2.75, 3.05) is 11.5 Å². The molecule has 1 aromatic heterocycles. The van der Waals surface area contributed by atoms with E-state index in [1.807, 2.05) is 10.6 Å². The van der Waals surface area contributed by atoms with E-state index in [1.165, 1.54) is 35.6 Å². The molecule has 2 aromatic carbocycles. The summed E-state index contributed by atoms with van der Waals surface area (Å²) in [5, 5.41) is 19.9. The van der Waals surface area contributed by atoms with Crippen molar-refractivity contribution < 1.29 is 9.90 Å². The first-order valence-electron chi connectivity index (χ1n) is 8.22. The van der Waals surface area contributed by atoms with Crippen molar-refractivity contribution in [3.63, 3.8) is 0 Å². The van der Waals surface area contributed by atoms with Crippen LogP contribution in [0.5, 0.6) is 0 Å². The van der Waals surface area contributed by atoms with Crippen LogP contribution in [-0.4, -0.2) is 31.6 Å². The van der Waals surface area contributed by atoms with Crippen LogP contribution in [-0.2, 0) is 4.79 Å². The molecular weight excluding hydrogens is 336 g/mol. The molecule has 3 N–H and O–H groups in total. The molecule has 1 fully saturated rings. The van der Waals surface area contributed by atoms with Crippen LogP contribution in [0.15, 0.2) is 41.6 Å². The predicted octanol–water partition coefficient (Wildman–Crippen LogP) is 3.45. The molecule has 1 aliphatic rings. The largest absolute Gasteiger partial charge is 0.481 e. The molecular formula is C18H18N4O2S. The van der Waals surface area contributed by atoms with Gasteiger partial charge < -0.3 is 10.8 Å². The van der Waals surface area contributed by atoms with Crippen LogP contribution >= 0.6 is 11.8 Å². The van der Waals surface area contributed by atoms with Gasteiger partial charge in [0.2, 0.25) is 5.95 Å². The number of benzene rings is 2. The standard InChI is InChI=1S/C18H18N4O2S/c19-17-20-21-18(25-10-9-16(23)24)22(17)15-8-7-12(11-5-6-11)13-3-1-2-4-14(13)15/h1-4,7-8,11H,5-6,9-10H2,(H2,19,20)(H,23,24). The molecule has 7 heteroatoms. The summed E-state index contributed by atoms with van der Waals surface area (Å²) in [6.07, 6.45) is 2.56. The maximum Gasteiger partial charge on any atom is 0.304 e. The van der Waals surface area contributed by atoms with Crippen molar-refractivity contribution in [1.29, 1.82) is 0 Å². The van der Waals surface area contributed by atoms with E-state index >= 15 is 0 Å². The van der Waals surface area contributed by atoms with Crippen molar-refractivity contribution in [1.82, 2.24) is 14.8 Å². The van der Waals surface area contributed by atoms with Gasteiger partial charge in [0.15, 0.2) is 5.16 Å². The molecule has 0 radical (unpaired) electrons. The van der Waals surface area contributed by atoms with E-state index in [1.54, 1.807) is 0 Å². The first-order chi connectivity index (χ1) is 12.1. The molecule has 0 atom stereocenters. The highest BCUT2D eigenvalue weighted by Crippen LogP contribution is 2.44. The van der Waals surface area contributed by atoms with Crippen molar-refractivity contribution in [2.45, 2.75) is 30.3 Å². The van der Waals surface area contributed by atoms with Crippen molar-refractivity contribution in [2.24, 2.45) is 0 Å². The normalized spacial score (nSPS) is 14.1. The number of hydrogen-bond donors (Lipinski definition) is 2. The van der Waals surface area contributed by atoms with Crippen molar-refractivity contribution in [3.05, 3.63) is 42.0 Å². The third-order valence-corrected chi connectivity index (χ3v) is 5.33. The van der Waals surface area contributed by atoms with Gasteiger partial charge in [0.25, 0.3) is 0 Å². The fourth-order valence-electron chi connectivity index (χ4n) is 3.08. The number of fused-ring (bicyclic) bond motifs is 1. The molecule has 6 nitrogen and oxygen atoms in total.